The number of rotatable bonds is 5. The first kappa shape index (κ1) is 35.1. The van der Waals surface area contributed by atoms with Crippen molar-refractivity contribution in [1.29, 1.82) is 0 Å². The van der Waals surface area contributed by atoms with Crippen molar-refractivity contribution in [3.63, 3.8) is 0 Å². The summed E-state index contributed by atoms with van der Waals surface area (Å²) < 4.78 is 12.2. The Bertz CT molecular complexity index is 2820. The second-order valence-electron chi connectivity index (χ2n) is 16.1. The molecule has 0 unspecified atom stereocenters. The number of nitrogens with zero attached hydrogens (tertiary/aromatic N) is 2. The van der Waals surface area contributed by atoms with Crippen LogP contribution in [0.15, 0.2) is 161 Å². The van der Waals surface area contributed by atoms with E-state index in [9.17, 15) is 14.7 Å². The third kappa shape index (κ3) is 5.20. The number of aromatic nitrogens is 1. The van der Waals surface area contributed by atoms with E-state index in [2.05, 4.69) is 11.1 Å². The highest BCUT2D eigenvalue weighted by Gasteiger charge is 2.66. The van der Waals surface area contributed by atoms with Gasteiger partial charge in [-0.15, -0.1) is 0 Å². The van der Waals surface area contributed by atoms with Crippen molar-refractivity contribution in [1.82, 2.24) is 4.98 Å². The summed E-state index contributed by atoms with van der Waals surface area (Å²) in [6.45, 7) is 0. The number of anilines is 1. The van der Waals surface area contributed by atoms with Gasteiger partial charge in [-0.25, -0.2) is 4.98 Å². The number of fused-ring (bicyclic) bond motifs is 6. The van der Waals surface area contributed by atoms with Crippen LogP contribution in [0, 0.1) is 29.6 Å². The highest BCUT2D eigenvalue weighted by Crippen LogP contribution is 2.63. The molecule has 0 spiro atoms. The molecule has 0 radical (unpaired) electrons. The molecular weight excluding hydrogens is 741 g/mol. The van der Waals surface area contributed by atoms with Crippen molar-refractivity contribution in [2.24, 2.45) is 29.6 Å². The molecule has 0 bridgehead atoms. The summed E-state index contributed by atoms with van der Waals surface area (Å²) in [5.74, 6) is -3.38. The van der Waals surface area contributed by atoms with Gasteiger partial charge in [-0.2, -0.15) is 0 Å². The summed E-state index contributed by atoms with van der Waals surface area (Å²) in [6.07, 6.45) is 6.08. The molecule has 288 valence electrons. The number of allylic oxidation sites excluding steroid dienone is 5. The third-order valence-corrected chi connectivity index (χ3v) is 13.2. The van der Waals surface area contributed by atoms with Crippen molar-refractivity contribution < 1.29 is 33.4 Å². The fourth-order valence-corrected chi connectivity index (χ4v) is 10.7. The lowest BCUT2D eigenvalue weighted by Crippen LogP contribution is -2.60. The predicted molar refractivity (Wildman–Crippen MR) is 220 cm³/mol. The molecule has 1 saturated carbocycles. The van der Waals surface area contributed by atoms with Crippen LogP contribution in [-0.4, -0.2) is 33.5 Å². The Hall–Kier alpha value is -7.13. The number of Topliss-reactive ketones (excluding diaryl/α,β-unsaturated/α-hetero) is 1. The van der Waals surface area contributed by atoms with Crippen molar-refractivity contribution in [2.75, 3.05) is 4.90 Å². The number of carbonyl (C=O) groups is 4. The number of carbonyl (C=O) groups excluding carboxylic acids is 4. The minimum absolute atomic E-state index is 0.0851. The van der Waals surface area contributed by atoms with Crippen LogP contribution in [0.25, 0.3) is 28.1 Å². The molecule has 2 amide bonds. The number of para-hydroxylation sites is 2. The zero-order valence-electron chi connectivity index (χ0n) is 31.7. The molecule has 5 aliphatic rings. The van der Waals surface area contributed by atoms with E-state index in [-0.39, 0.29) is 35.6 Å². The van der Waals surface area contributed by atoms with Crippen LogP contribution in [0.1, 0.15) is 29.5 Å². The third-order valence-electron chi connectivity index (χ3n) is 13.2. The molecule has 5 aromatic carbocycles. The molecule has 9 heteroatoms. The topological polar surface area (TPSA) is 127 Å². The number of oxazole rings is 1. The second-order valence-corrected chi connectivity index (χ2v) is 16.1. The zero-order chi connectivity index (χ0) is 40.0. The zero-order valence-corrected chi connectivity index (χ0v) is 31.7. The van der Waals surface area contributed by atoms with Gasteiger partial charge < -0.3 is 14.3 Å². The summed E-state index contributed by atoms with van der Waals surface area (Å²) in [5.41, 5.74) is 5.22. The normalized spacial score (nSPS) is 25.9. The smallest absolute Gasteiger partial charge is 0.238 e. The van der Waals surface area contributed by atoms with Crippen LogP contribution < -0.4 is 9.64 Å². The Morgan fingerprint density at radius 2 is 1.51 bits per heavy atom. The minimum Gasteiger partial charge on any atom is -0.508 e. The van der Waals surface area contributed by atoms with Crippen LogP contribution in [0.3, 0.4) is 0 Å². The molecule has 1 N–H and O–H groups in total. The lowest BCUT2D eigenvalue weighted by atomic mass is 9.44. The average molecular weight is 777 g/mol. The van der Waals surface area contributed by atoms with E-state index in [1.807, 2.05) is 84.9 Å². The molecule has 1 aromatic heterocycles. The molecule has 2 aliphatic heterocycles. The minimum atomic E-state index is -1.37. The maximum atomic E-state index is 15.4. The Labute approximate surface area is 339 Å². The number of phenolic OH excluding ortho intramolecular Hbond substituents is 1. The van der Waals surface area contributed by atoms with Gasteiger partial charge in [-0.1, -0.05) is 84.4 Å². The fourth-order valence-electron chi connectivity index (χ4n) is 10.7. The van der Waals surface area contributed by atoms with Crippen LogP contribution in [0.5, 0.6) is 11.5 Å². The van der Waals surface area contributed by atoms with Crippen molar-refractivity contribution in [2.45, 2.75) is 24.7 Å². The van der Waals surface area contributed by atoms with Crippen LogP contribution in [-0.2, 0) is 31.0 Å². The molecule has 6 aromatic rings. The number of hydrogen-bond donors (Lipinski definition) is 1. The largest absolute Gasteiger partial charge is 0.508 e. The monoisotopic (exact) mass is 776 g/mol. The number of amides is 2. The number of ketones is 2. The standard InChI is InChI=1S/C50H36N2O7/c53-34-19-22-41-30(24-34)23-31(27-58-41)45-35-20-21-36-44(49(57)52(48(36)56)33-17-15-29(16-18-33)47-51-40-13-7-8-14-42(40)59-47)38(35)25-39-46(55)37(28-9-3-1-4-10-28)26-43(54)50(39,45)32-11-5-2-6-12-32/h1-20,22,24,26-27,36,38-39,44-45,53H,21,23,25H2/t36-,38+,39-,44-,45-,50-/m0/s1. The Kier molecular flexibility index (Phi) is 7.85. The second kappa shape index (κ2) is 13.2. The number of phenols is 1. The van der Waals surface area contributed by atoms with E-state index in [1.165, 1.54) is 11.0 Å². The highest BCUT2D eigenvalue weighted by molar-refractivity contribution is 6.31. The molecule has 11 rings (SSSR count). The first-order valence-electron chi connectivity index (χ1n) is 19.9. The first-order valence-corrected chi connectivity index (χ1v) is 19.9. The Balaban J connectivity index is 1.03. The van der Waals surface area contributed by atoms with Gasteiger partial charge in [0.05, 0.1) is 29.2 Å². The molecule has 2 fully saturated rings. The van der Waals surface area contributed by atoms with E-state index in [0.717, 1.165) is 22.2 Å². The quantitative estimate of drug-likeness (QED) is 0.136. The van der Waals surface area contributed by atoms with Crippen LogP contribution in [0.4, 0.5) is 5.69 Å². The number of imide groups is 1. The van der Waals surface area contributed by atoms with Crippen molar-refractivity contribution >= 4 is 45.7 Å². The number of aromatic hydroxyl groups is 1. The van der Waals surface area contributed by atoms with Gasteiger partial charge in [0.1, 0.15) is 17.0 Å². The van der Waals surface area contributed by atoms with Gasteiger partial charge >= 0.3 is 0 Å². The van der Waals surface area contributed by atoms with E-state index in [1.54, 1.807) is 48.7 Å². The summed E-state index contributed by atoms with van der Waals surface area (Å²) in [5, 5.41) is 10.5. The van der Waals surface area contributed by atoms with Crippen molar-refractivity contribution in [3.05, 3.63) is 174 Å². The number of benzene rings is 5. The van der Waals surface area contributed by atoms with Gasteiger partial charge in [-0.05, 0) is 96.1 Å². The molecular formula is C50H36N2O7. The van der Waals surface area contributed by atoms with Crippen LogP contribution in [0.2, 0.25) is 0 Å². The van der Waals surface area contributed by atoms with E-state index in [0.29, 0.717) is 58.0 Å². The van der Waals surface area contributed by atoms with Gasteiger partial charge in [0.2, 0.25) is 17.7 Å². The van der Waals surface area contributed by atoms with E-state index < -0.39 is 35.0 Å². The molecule has 3 aliphatic carbocycles. The number of ether oxygens (including phenoxy) is 1. The predicted octanol–water partition coefficient (Wildman–Crippen LogP) is 8.58. The van der Waals surface area contributed by atoms with Gasteiger partial charge in [0.25, 0.3) is 0 Å². The summed E-state index contributed by atoms with van der Waals surface area (Å²) in [7, 11) is 0. The van der Waals surface area contributed by atoms with E-state index >= 15 is 9.59 Å². The van der Waals surface area contributed by atoms with Gasteiger partial charge in [0.15, 0.2) is 17.1 Å². The highest BCUT2D eigenvalue weighted by atomic mass is 16.5. The molecule has 3 heterocycles. The molecule has 6 atom stereocenters. The fraction of sp³-hybridized carbons (Fsp3) is 0.180. The first-order chi connectivity index (χ1) is 28.8. The summed E-state index contributed by atoms with van der Waals surface area (Å²) in [6, 6.07) is 38.2. The van der Waals surface area contributed by atoms with Crippen molar-refractivity contribution in [3.8, 4) is 23.0 Å². The lowest BCUT2D eigenvalue weighted by molar-refractivity contribution is -0.136. The summed E-state index contributed by atoms with van der Waals surface area (Å²) >= 11 is 0. The molecule has 59 heavy (non-hydrogen) atoms. The van der Waals surface area contributed by atoms with Gasteiger partial charge in [0, 0.05) is 35.0 Å². The number of hydrogen-bond acceptors (Lipinski definition) is 8. The molecule has 9 nitrogen and oxygen atoms in total. The maximum absolute atomic E-state index is 15.4. The Morgan fingerprint density at radius 1 is 0.763 bits per heavy atom. The average Bonchev–Trinajstić information content (AvgIpc) is 3.82. The Morgan fingerprint density at radius 3 is 2.29 bits per heavy atom. The summed E-state index contributed by atoms with van der Waals surface area (Å²) in [4.78, 5) is 65.9. The SMILES string of the molecule is O=C1C(c2ccccc2)=CC(=O)[C@@]2(c3ccccc3)[C@@H](C3=COc4ccc(O)cc4C3)C3=CC[C@@H]4C(=O)N(c5ccc(-c6nc7ccccc7o6)cc5)C(=O)[C@@H]4[C@@H]3C[C@@H]12. The molecule has 1 saturated heterocycles. The van der Waals surface area contributed by atoms with Gasteiger partial charge in [-0.3, -0.25) is 24.1 Å². The lowest BCUT2D eigenvalue weighted by Gasteiger charge is -2.56. The van der Waals surface area contributed by atoms with E-state index in [4.69, 9.17) is 9.15 Å². The maximum Gasteiger partial charge on any atom is 0.238 e. The van der Waals surface area contributed by atoms with Crippen LogP contribution >= 0.6 is 0 Å².